The van der Waals surface area contributed by atoms with Crippen molar-refractivity contribution in [3.05, 3.63) is 102 Å². The fourth-order valence-electron chi connectivity index (χ4n) is 3.08. The van der Waals surface area contributed by atoms with E-state index in [1.165, 1.54) is 53.5 Å². The van der Waals surface area contributed by atoms with Crippen LogP contribution in [-0.4, -0.2) is 6.54 Å². The molecule has 0 atom stereocenters. The van der Waals surface area contributed by atoms with E-state index in [4.69, 9.17) is 0 Å². The number of anilines is 1. The molecule has 7 heteroatoms. The Morgan fingerprint density at radius 3 is 1.36 bits per heavy atom. The lowest BCUT2D eigenvalue weighted by Gasteiger charge is -2.18. The van der Waals surface area contributed by atoms with Crippen LogP contribution < -0.4 is 5.32 Å². The summed E-state index contributed by atoms with van der Waals surface area (Å²) >= 11 is 3.86. The van der Waals surface area contributed by atoms with Crippen molar-refractivity contribution in [2.75, 3.05) is 11.9 Å². The molecule has 4 aromatic carbocycles. The van der Waals surface area contributed by atoms with Crippen molar-refractivity contribution in [1.29, 1.82) is 0 Å². The topological polar surface area (TPSA) is 12.0 Å². The largest absolute Gasteiger partial charge is 0.383 e. The molecule has 4 rings (SSSR count). The van der Waals surface area contributed by atoms with Crippen LogP contribution in [0.3, 0.4) is 0 Å². The standard InChI is InChI=1S/C26H20F3NS3/c1-2-30-26-24(32-22-13-7-4-10-19(22)28)15-17(31-21-12-6-3-9-18(21)27)16-25(26)33-23-14-8-5-11-20(23)29/h3-16,30H,2H2,1H3. The van der Waals surface area contributed by atoms with Crippen molar-refractivity contribution < 1.29 is 13.2 Å². The summed E-state index contributed by atoms with van der Waals surface area (Å²) in [6.45, 7) is 2.60. The van der Waals surface area contributed by atoms with Crippen molar-refractivity contribution in [1.82, 2.24) is 0 Å². The van der Waals surface area contributed by atoms with Gasteiger partial charge in [-0.15, -0.1) is 0 Å². The van der Waals surface area contributed by atoms with Gasteiger partial charge < -0.3 is 5.32 Å². The number of hydrogen-bond donors (Lipinski definition) is 1. The Morgan fingerprint density at radius 1 is 0.576 bits per heavy atom. The van der Waals surface area contributed by atoms with Gasteiger partial charge in [-0.2, -0.15) is 0 Å². The van der Waals surface area contributed by atoms with E-state index in [1.807, 2.05) is 19.1 Å². The summed E-state index contributed by atoms with van der Waals surface area (Å²) in [5.74, 6) is -0.953. The van der Waals surface area contributed by atoms with Crippen molar-refractivity contribution in [2.45, 2.75) is 36.3 Å². The van der Waals surface area contributed by atoms with E-state index in [0.29, 0.717) is 21.2 Å². The average Bonchev–Trinajstić information content (AvgIpc) is 2.80. The highest BCUT2D eigenvalue weighted by Gasteiger charge is 2.17. The van der Waals surface area contributed by atoms with E-state index in [0.717, 1.165) is 20.4 Å². The van der Waals surface area contributed by atoms with Gasteiger partial charge in [0.05, 0.1) is 5.69 Å². The molecule has 168 valence electrons. The zero-order valence-corrected chi connectivity index (χ0v) is 20.1. The molecule has 0 fully saturated rings. The third kappa shape index (κ3) is 5.91. The molecule has 0 aliphatic heterocycles. The van der Waals surface area contributed by atoms with Crippen LogP contribution >= 0.6 is 35.3 Å². The maximum absolute atomic E-state index is 14.4. The molecule has 0 aromatic heterocycles. The second-order valence-electron chi connectivity index (χ2n) is 6.92. The molecule has 0 bridgehead atoms. The maximum atomic E-state index is 14.4. The van der Waals surface area contributed by atoms with Crippen LogP contribution in [0.1, 0.15) is 6.92 Å². The summed E-state index contributed by atoms with van der Waals surface area (Å²) in [7, 11) is 0. The van der Waals surface area contributed by atoms with Gasteiger partial charge in [-0.1, -0.05) is 71.7 Å². The first-order valence-electron chi connectivity index (χ1n) is 10.2. The van der Waals surface area contributed by atoms with Gasteiger partial charge in [0.25, 0.3) is 0 Å². The van der Waals surface area contributed by atoms with E-state index in [2.05, 4.69) is 5.32 Å². The van der Waals surface area contributed by atoms with Gasteiger partial charge in [0.1, 0.15) is 17.5 Å². The first-order chi connectivity index (χ1) is 16.0. The third-order valence-corrected chi connectivity index (χ3v) is 7.78. The summed E-state index contributed by atoms with van der Waals surface area (Å²) in [6.07, 6.45) is 0. The Hall–Kier alpha value is -2.48. The highest BCUT2D eigenvalue weighted by molar-refractivity contribution is 8.01. The Balaban J connectivity index is 1.82. The molecule has 33 heavy (non-hydrogen) atoms. The fourth-order valence-corrected chi connectivity index (χ4v) is 6.25. The highest BCUT2D eigenvalue weighted by atomic mass is 32.2. The minimum atomic E-state index is -0.319. The van der Waals surface area contributed by atoms with Crippen molar-refractivity contribution in [3.63, 3.8) is 0 Å². The summed E-state index contributed by atoms with van der Waals surface area (Å²) in [5.41, 5.74) is 0.789. The summed E-state index contributed by atoms with van der Waals surface area (Å²) in [4.78, 5) is 3.78. The number of halogens is 3. The Kier molecular flexibility index (Phi) is 7.96. The molecule has 0 aliphatic rings. The number of hydrogen-bond acceptors (Lipinski definition) is 4. The quantitative estimate of drug-likeness (QED) is 0.259. The molecule has 0 radical (unpaired) electrons. The van der Waals surface area contributed by atoms with Gasteiger partial charge in [-0.05, 0) is 55.5 Å². The fraction of sp³-hybridized carbons (Fsp3) is 0.0769. The Labute approximate surface area is 204 Å². The van der Waals surface area contributed by atoms with Crippen LogP contribution in [0.2, 0.25) is 0 Å². The molecule has 4 aromatic rings. The Bertz CT molecular complexity index is 1190. The van der Waals surface area contributed by atoms with Crippen LogP contribution in [0.4, 0.5) is 18.9 Å². The first kappa shape index (κ1) is 23.7. The molecular weight excluding hydrogens is 479 g/mol. The minimum absolute atomic E-state index is 0.315. The van der Waals surface area contributed by atoms with Gasteiger partial charge in [-0.25, -0.2) is 13.2 Å². The monoisotopic (exact) mass is 499 g/mol. The lowest BCUT2D eigenvalue weighted by Crippen LogP contribution is -2.01. The van der Waals surface area contributed by atoms with Crippen molar-refractivity contribution >= 4 is 41.0 Å². The van der Waals surface area contributed by atoms with Crippen molar-refractivity contribution in [3.8, 4) is 0 Å². The number of rotatable bonds is 8. The van der Waals surface area contributed by atoms with E-state index in [9.17, 15) is 13.2 Å². The predicted molar refractivity (Wildman–Crippen MR) is 132 cm³/mol. The molecular formula is C26H20F3NS3. The molecule has 0 saturated heterocycles. The van der Waals surface area contributed by atoms with Crippen LogP contribution in [-0.2, 0) is 0 Å². The molecule has 0 aliphatic carbocycles. The molecule has 0 saturated carbocycles. The van der Waals surface area contributed by atoms with Crippen LogP contribution in [0.15, 0.2) is 114 Å². The van der Waals surface area contributed by atoms with E-state index < -0.39 is 0 Å². The van der Waals surface area contributed by atoms with Gasteiger partial charge in [0, 0.05) is 35.9 Å². The lowest BCUT2D eigenvalue weighted by molar-refractivity contribution is 0.601. The summed E-state index contributed by atoms with van der Waals surface area (Å²) in [6, 6.07) is 23.5. The van der Waals surface area contributed by atoms with Crippen LogP contribution in [0.25, 0.3) is 0 Å². The second kappa shape index (κ2) is 11.1. The summed E-state index contributed by atoms with van der Waals surface area (Å²) in [5, 5.41) is 3.36. The highest BCUT2D eigenvalue weighted by Crippen LogP contribution is 2.46. The molecule has 0 spiro atoms. The SMILES string of the molecule is CCNc1c(Sc2ccccc2F)cc(Sc2ccccc2F)cc1Sc1ccccc1F. The zero-order valence-electron chi connectivity index (χ0n) is 17.6. The van der Waals surface area contributed by atoms with Gasteiger partial charge in [-0.3, -0.25) is 0 Å². The average molecular weight is 500 g/mol. The van der Waals surface area contributed by atoms with E-state index in [-0.39, 0.29) is 17.5 Å². The smallest absolute Gasteiger partial charge is 0.137 e. The number of benzene rings is 4. The second-order valence-corrected chi connectivity index (χ2v) is 10.2. The predicted octanol–water partition coefficient (Wildman–Crippen LogP) is 8.99. The van der Waals surface area contributed by atoms with Gasteiger partial charge in [0.15, 0.2) is 0 Å². The first-order valence-corrected chi connectivity index (χ1v) is 12.7. The maximum Gasteiger partial charge on any atom is 0.137 e. The lowest BCUT2D eigenvalue weighted by atomic mass is 10.3. The molecule has 0 unspecified atom stereocenters. The Morgan fingerprint density at radius 2 is 0.970 bits per heavy atom. The van der Waals surface area contributed by atoms with E-state index in [1.54, 1.807) is 54.6 Å². The number of nitrogens with one attached hydrogen (secondary N) is 1. The van der Waals surface area contributed by atoms with Crippen LogP contribution in [0, 0.1) is 17.5 Å². The molecule has 1 nitrogen and oxygen atoms in total. The molecule has 0 heterocycles. The zero-order chi connectivity index (χ0) is 23.2. The third-order valence-electron chi connectivity index (χ3n) is 4.57. The van der Waals surface area contributed by atoms with Gasteiger partial charge in [0.2, 0.25) is 0 Å². The normalized spacial score (nSPS) is 10.9. The minimum Gasteiger partial charge on any atom is -0.383 e. The van der Waals surface area contributed by atoms with Gasteiger partial charge >= 0.3 is 0 Å². The molecule has 0 amide bonds. The van der Waals surface area contributed by atoms with Crippen LogP contribution in [0.5, 0.6) is 0 Å². The van der Waals surface area contributed by atoms with E-state index >= 15 is 0 Å². The molecule has 1 N–H and O–H groups in total. The van der Waals surface area contributed by atoms with Crippen molar-refractivity contribution in [2.24, 2.45) is 0 Å². The summed E-state index contributed by atoms with van der Waals surface area (Å²) < 4.78 is 43.2.